The number of likely N-dealkylation sites (N-methyl/N-ethyl adjacent to an activating group) is 1. The van der Waals surface area contributed by atoms with Gasteiger partial charge in [-0.1, -0.05) is 18.1 Å². The molecule has 0 aliphatic rings. The fourth-order valence-corrected chi connectivity index (χ4v) is 3.78. The number of terminal acetylenes is 1. The first-order chi connectivity index (χ1) is 18.4. The zero-order chi connectivity index (χ0) is 29.2. The molecule has 2 aromatic carbocycles. The highest BCUT2D eigenvalue weighted by molar-refractivity contribution is 5.99. The summed E-state index contributed by atoms with van der Waals surface area (Å²) in [7, 11) is 1.54. The van der Waals surface area contributed by atoms with E-state index in [1.165, 1.54) is 12.0 Å². The topological polar surface area (TPSA) is 140 Å². The highest BCUT2D eigenvalue weighted by Gasteiger charge is 2.35. The lowest BCUT2D eigenvalue weighted by molar-refractivity contribution is -0.140. The number of primary amides is 1. The van der Waals surface area contributed by atoms with Crippen LogP contribution in [-0.4, -0.2) is 54.0 Å². The van der Waals surface area contributed by atoms with Gasteiger partial charge in [0.15, 0.2) is 0 Å². The zero-order valence-electron chi connectivity index (χ0n) is 22.9. The van der Waals surface area contributed by atoms with Gasteiger partial charge in [0.25, 0.3) is 5.91 Å². The van der Waals surface area contributed by atoms with Gasteiger partial charge in [0.05, 0.1) is 7.11 Å². The Morgan fingerprint density at radius 1 is 1.05 bits per heavy atom. The fourth-order valence-electron chi connectivity index (χ4n) is 3.78. The van der Waals surface area contributed by atoms with Crippen LogP contribution in [0.5, 0.6) is 5.75 Å². The number of nitrogens with zero attached hydrogens (tertiary/aromatic N) is 1. The van der Waals surface area contributed by atoms with E-state index in [1.807, 2.05) is 0 Å². The van der Waals surface area contributed by atoms with Gasteiger partial charge in [0, 0.05) is 24.2 Å². The molecule has 10 heteroatoms. The smallest absolute Gasteiger partial charge is 0.408 e. The van der Waals surface area contributed by atoms with Crippen LogP contribution in [0.3, 0.4) is 0 Å². The number of alkyl carbamates (subject to hydrolysis) is 1. The third kappa shape index (κ3) is 9.38. The molecule has 2 rings (SSSR count). The van der Waals surface area contributed by atoms with E-state index in [0.717, 1.165) is 0 Å². The van der Waals surface area contributed by atoms with Crippen molar-refractivity contribution in [3.8, 4) is 18.1 Å². The molecule has 0 heterocycles. The van der Waals surface area contributed by atoms with Crippen molar-refractivity contribution < 1.29 is 28.7 Å². The average molecular weight is 537 g/mol. The van der Waals surface area contributed by atoms with Gasteiger partial charge in [0.1, 0.15) is 23.4 Å². The van der Waals surface area contributed by atoms with E-state index in [1.54, 1.807) is 76.2 Å². The fraction of sp³-hybridized carbons (Fsp3) is 0.379. The molecule has 0 aliphatic heterocycles. The molecule has 0 fully saturated rings. The van der Waals surface area contributed by atoms with Gasteiger partial charge in [0.2, 0.25) is 11.8 Å². The Morgan fingerprint density at radius 3 is 2.15 bits per heavy atom. The Labute approximate surface area is 229 Å². The Bertz CT molecular complexity index is 1200. The largest absolute Gasteiger partial charge is 0.497 e. The van der Waals surface area contributed by atoms with Gasteiger partial charge in [-0.3, -0.25) is 14.4 Å². The van der Waals surface area contributed by atoms with Gasteiger partial charge in [-0.05, 0) is 76.1 Å². The molecule has 208 valence electrons. The van der Waals surface area contributed by atoms with Crippen LogP contribution >= 0.6 is 0 Å². The molecule has 0 radical (unpaired) electrons. The third-order valence-corrected chi connectivity index (χ3v) is 5.60. The second kappa shape index (κ2) is 13.9. The Morgan fingerprint density at radius 2 is 1.67 bits per heavy atom. The minimum absolute atomic E-state index is 0.0766. The van der Waals surface area contributed by atoms with Crippen molar-refractivity contribution in [2.24, 2.45) is 5.73 Å². The molecule has 4 amide bonds. The van der Waals surface area contributed by atoms with Crippen molar-refractivity contribution in [2.75, 3.05) is 19.0 Å². The summed E-state index contributed by atoms with van der Waals surface area (Å²) in [5.41, 5.74) is 6.10. The lowest BCUT2D eigenvalue weighted by Crippen LogP contribution is -2.52. The van der Waals surface area contributed by atoms with E-state index in [2.05, 4.69) is 16.6 Å². The van der Waals surface area contributed by atoms with Crippen molar-refractivity contribution in [1.82, 2.24) is 10.2 Å². The summed E-state index contributed by atoms with van der Waals surface area (Å²) in [4.78, 5) is 52.9. The van der Waals surface area contributed by atoms with Gasteiger partial charge in [-0.15, -0.1) is 6.42 Å². The predicted octanol–water partition coefficient (Wildman–Crippen LogP) is 3.36. The molecule has 0 saturated heterocycles. The van der Waals surface area contributed by atoms with E-state index in [9.17, 15) is 19.2 Å². The van der Waals surface area contributed by atoms with Crippen LogP contribution in [0.2, 0.25) is 0 Å². The monoisotopic (exact) mass is 536 g/mol. The highest BCUT2D eigenvalue weighted by Crippen LogP contribution is 2.26. The maximum atomic E-state index is 13.8. The summed E-state index contributed by atoms with van der Waals surface area (Å²) in [6.07, 6.45) is 4.42. The van der Waals surface area contributed by atoms with Crippen molar-refractivity contribution in [3.05, 3.63) is 59.7 Å². The number of nitrogens with one attached hydrogen (secondary N) is 2. The van der Waals surface area contributed by atoms with E-state index in [4.69, 9.17) is 21.6 Å². The molecule has 2 aromatic rings. The normalized spacial score (nSPS) is 12.3. The molecular weight excluding hydrogens is 500 g/mol. The number of anilines is 1. The molecule has 10 nitrogen and oxygen atoms in total. The van der Waals surface area contributed by atoms with Gasteiger partial charge in [-0.2, -0.15) is 0 Å². The van der Waals surface area contributed by atoms with Crippen LogP contribution in [0.1, 0.15) is 57.7 Å². The first-order valence-corrected chi connectivity index (χ1v) is 12.5. The second-order valence-electron chi connectivity index (χ2n) is 9.71. The lowest BCUT2D eigenvalue weighted by Gasteiger charge is -2.33. The molecule has 0 aromatic heterocycles. The standard InChI is InChI=1S/C29H36N4O6/c1-7-19-9-11-20(12-10-19)25(26(35)31-21-13-15-22(38-6)16-14-21)33(8-2)27(36)23(17-18-24(30)34)32-28(37)39-29(3,4)5/h1,9-16,23,25H,8,17-18H2,2-6H3,(H2,30,34)(H,31,35)(H,32,37). The van der Waals surface area contributed by atoms with E-state index in [-0.39, 0.29) is 19.4 Å². The molecule has 4 N–H and O–H groups in total. The Kier molecular flexibility index (Phi) is 10.9. The summed E-state index contributed by atoms with van der Waals surface area (Å²) in [6, 6.07) is 11.2. The Balaban J connectivity index is 2.46. The van der Waals surface area contributed by atoms with Crippen LogP contribution in [-0.2, 0) is 19.1 Å². The van der Waals surface area contributed by atoms with Crippen LogP contribution < -0.4 is 21.1 Å². The molecule has 2 unspecified atom stereocenters. The van der Waals surface area contributed by atoms with Crippen LogP contribution in [0, 0.1) is 12.3 Å². The quantitative estimate of drug-likeness (QED) is 0.376. The van der Waals surface area contributed by atoms with Crippen LogP contribution in [0.4, 0.5) is 10.5 Å². The number of benzene rings is 2. The number of carbonyl (C=O) groups is 4. The third-order valence-electron chi connectivity index (χ3n) is 5.60. The van der Waals surface area contributed by atoms with E-state index >= 15 is 0 Å². The van der Waals surface area contributed by atoms with Gasteiger partial charge < -0.3 is 30.7 Å². The summed E-state index contributed by atoms with van der Waals surface area (Å²) in [6.45, 7) is 6.87. The molecular formula is C29H36N4O6. The summed E-state index contributed by atoms with van der Waals surface area (Å²) < 4.78 is 10.5. The Hall–Kier alpha value is -4.52. The van der Waals surface area contributed by atoms with Crippen molar-refractivity contribution >= 4 is 29.5 Å². The number of ether oxygens (including phenoxy) is 2. The number of nitrogens with two attached hydrogens (primary N) is 1. The first kappa shape index (κ1) is 30.7. The number of carbonyl (C=O) groups excluding carboxylic acids is 4. The van der Waals surface area contributed by atoms with Gasteiger partial charge in [-0.25, -0.2) is 4.79 Å². The number of rotatable bonds is 11. The molecule has 2 atom stereocenters. The SMILES string of the molecule is C#Cc1ccc(C(C(=O)Nc2ccc(OC)cc2)N(CC)C(=O)C(CCC(N)=O)NC(=O)OC(C)(C)C)cc1. The minimum atomic E-state index is -1.17. The number of hydrogen-bond donors (Lipinski definition) is 3. The predicted molar refractivity (Wildman–Crippen MR) is 148 cm³/mol. The van der Waals surface area contributed by atoms with Crippen molar-refractivity contribution in [2.45, 2.75) is 58.2 Å². The van der Waals surface area contributed by atoms with Crippen molar-refractivity contribution in [1.29, 1.82) is 0 Å². The number of hydrogen-bond acceptors (Lipinski definition) is 6. The molecule has 0 aliphatic carbocycles. The van der Waals surface area contributed by atoms with Gasteiger partial charge >= 0.3 is 6.09 Å². The number of amides is 4. The molecule has 39 heavy (non-hydrogen) atoms. The molecule has 0 saturated carbocycles. The van der Waals surface area contributed by atoms with Crippen molar-refractivity contribution in [3.63, 3.8) is 0 Å². The zero-order valence-corrected chi connectivity index (χ0v) is 22.9. The summed E-state index contributed by atoms with van der Waals surface area (Å²) in [5.74, 6) is 1.43. The average Bonchev–Trinajstić information content (AvgIpc) is 2.88. The van der Waals surface area contributed by atoms with E-state index in [0.29, 0.717) is 22.6 Å². The van der Waals surface area contributed by atoms with Crippen LogP contribution in [0.15, 0.2) is 48.5 Å². The first-order valence-electron chi connectivity index (χ1n) is 12.5. The summed E-state index contributed by atoms with van der Waals surface area (Å²) >= 11 is 0. The number of methoxy groups -OCH3 is 1. The minimum Gasteiger partial charge on any atom is -0.497 e. The lowest BCUT2D eigenvalue weighted by atomic mass is 10.0. The molecule has 0 spiro atoms. The van der Waals surface area contributed by atoms with E-state index < -0.39 is 41.5 Å². The second-order valence-corrected chi connectivity index (χ2v) is 9.71. The van der Waals surface area contributed by atoms with Crippen LogP contribution in [0.25, 0.3) is 0 Å². The highest BCUT2D eigenvalue weighted by atomic mass is 16.6. The maximum Gasteiger partial charge on any atom is 0.408 e. The molecule has 0 bridgehead atoms. The maximum absolute atomic E-state index is 13.8. The summed E-state index contributed by atoms with van der Waals surface area (Å²) in [5, 5.41) is 5.37.